The number of phenols is 1. The predicted octanol–water partition coefficient (Wildman–Crippen LogP) is 4.90. The van der Waals surface area contributed by atoms with Crippen molar-refractivity contribution in [2.45, 2.75) is 38.2 Å². The molecule has 3 aromatic rings. The van der Waals surface area contributed by atoms with E-state index < -0.39 is 16.0 Å². The lowest BCUT2D eigenvalue weighted by Gasteiger charge is -2.17. The van der Waals surface area contributed by atoms with E-state index in [0.29, 0.717) is 16.9 Å². The van der Waals surface area contributed by atoms with Crippen LogP contribution in [0.2, 0.25) is 0 Å². The van der Waals surface area contributed by atoms with Gasteiger partial charge < -0.3 is 14.9 Å². The van der Waals surface area contributed by atoms with Crippen LogP contribution in [-0.4, -0.2) is 24.6 Å². The number of anilines is 1. The maximum absolute atomic E-state index is 13.1. The molecule has 0 aliphatic heterocycles. The van der Waals surface area contributed by atoms with Gasteiger partial charge in [-0.2, -0.15) is 0 Å². The van der Waals surface area contributed by atoms with Gasteiger partial charge >= 0.3 is 5.97 Å². The van der Waals surface area contributed by atoms with Gasteiger partial charge in [0, 0.05) is 0 Å². The maximum Gasteiger partial charge on any atom is 0.339 e. The molecule has 3 aromatic carbocycles. The van der Waals surface area contributed by atoms with E-state index in [0.717, 1.165) is 5.56 Å². The predicted molar refractivity (Wildman–Crippen MR) is 122 cm³/mol. The first-order valence-corrected chi connectivity index (χ1v) is 11.5. The van der Waals surface area contributed by atoms with Crippen molar-refractivity contribution in [2.75, 3.05) is 4.72 Å². The SMILES string of the molecule is Cc1ccc(NS(=O)(=O)c2ccccc2C(C)C)c(OCc2ccc(C(=O)O)c(O)c2)c1. The summed E-state index contributed by atoms with van der Waals surface area (Å²) in [7, 11) is -3.86. The van der Waals surface area contributed by atoms with E-state index in [1.807, 2.05) is 20.8 Å². The zero-order valence-corrected chi connectivity index (χ0v) is 18.8. The summed E-state index contributed by atoms with van der Waals surface area (Å²) in [6.45, 7) is 5.72. The summed E-state index contributed by atoms with van der Waals surface area (Å²) in [5.74, 6) is -1.25. The Morgan fingerprint density at radius 3 is 2.44 bits per heavy atom. The zero-order chi connectivity index (χ0) is 23.5. The normalized spacial score (nSPS) is 11.4. The molecule has 3 N–H and O–H groups in total. The van der Waals surface area contributed by atoms with Crippen molar-refractivity contribution in [3.63, 3.8) is 0 Å². The lowest BCUT2D eigenvalue weighted by atomic mass is 10.0. The number of carboxylic acids is 1. The van der Waals surface area contributed by atoms with Crippen molar-refractivity contribution in [1.82, 2.24) is 0 Å². The summed E-state index contributed by atoms with van der Waals surface area (Å²) in [6, 6.07) is 16.1. The smallest absolute Gasteiger partial charge is 0.339 e. The molecule has 8 heteroatoms. The number of hydrogen-bond donors (Lipinski definition) is 3. The highest BCUT2D eigenvalue weighted by Gasteiger charge is 2.21. The number of carboxylic acid groups (broad SMARTS) is 1. The Labute approximate surface area is 187 Å². The third kappa shape index (κ3) is 5.20. The molecular formula is C24H25NO6S. The average Bonchev–Trinajstić information content (AvgIpc) is 2.73. The Bertz CT molecular complexity index is 1250. The van der Waals surface area contributed by atoms with Gasteiger partial charge in [0.25, 0.3) is 10.0 Å². The van der Waals surface area contributed by atoms with Crippen LogP contribution in [0.25, 0.3) is 0 Å². The lowest BCUT2D eigenvalue weighted by Crippen LogP contribution is -2.16. The average molecular weight is 456 g/mol. The van der Waals surface area contributed by atoms with Gasteiger partial charge in [0.2, 0.25) is 0 Å². The van der Waals surface area contributed by atoms with Crippen molar-refractivity contribution in [1.29, 1.82) is 0 Å². The summed E-state index contributed by atoms with van der Waals surface area (Å²) in [6.07, 6.45) is 0. The molecule has 0 spiro atoms. The summed E-state index contributed by atoms with van der Waals surface area (Å²) >= 11 is 0. The van der Waals surface area contributed by atoms with Crippen LogP contribution in [0.5, 0.6) is 11.5 Å². The fourth-order valence-electron chi connectivity index (χ4n) is 3.24. The summed E-state index contributed by atoms with van der Waals surface area (Å²) < 4.78 is 34.7. The third-order valence-corrected chi connectivity index (χ3v) is 6.34. The molecule has 0 aromatic heterocycles. The highest BCUT2D eigenvalue weighted by atomic mass is 32.2. The standard InChI is InChI=1S/C24H25NO6S/c1-15(2)18-6-4-5-7-23(18)32(29,30)25-20-11-8-16(3)12-22(20)31-14-17-9-10-19(24(27)28)21(26)13-17/h4-13,15,25-26H,14H2,1-3H3,(H,27,28). The summed E-state index contributed by atoms with van der Waals surface area (Å²) in [4.78, 5) is 11.3. The minimum Gasteiger partial charge on any atom is -0.507 e. The third-order valence-electron chi connectivity index (χ3n) is 4.90. The second-order valence-corrected chi connectivity index (χ2v) is 9.39. The van der Waals surface area contributed by atoms with Crippen molar-refractivity contribution < 1.29 is 28.2 Å². The molecule has 0 amide bonds. The highest BCUT2D eigenvalue weighted by molar-refractivity contribution is 7.92. The van der Waals surface area contributed by atoms with Crippen molar-refractivity contribution >= 4 is 21.7 Å². The second kappa shape index (κ2) is 9.32. The van der Waals surface area contributed by atoms with Crippen molar-refractivity contribution in [3.8, 4) is 11.5 Å². The largest absolute Gasteiger partial charge is 0.507 e. The van der Waals surface area contributed by atoms with Gasteiger partial charge in [0.05, 0.1) is 10.6 Å². The fraction of sp³-hybridized carbons (Fsp3) is 0.208. The number of sulfonamides is 1. The Morgan fingerprint density at radius 1 is 1.06 bits per heavy atom. The van der Waals surface area contributed by atoms with Crippen molar-refractivity contribution in [3.05, 3.63) is 82.9 Å². The molecule has 0 atom stereocenters. The van der Waals surface area contributed by atoms with Gasteiger partial charge in [-0.1, -0.05) is 44.2 Å². The van der Waals surface area contributed by atoms with E-state index in [1.165, 1.54) is 18.2 Å². The minimum absolute atomic E-state index is 0.00816. The molecule has 0 bridgehead atoms. The number of nitrogens with one attached hydrogen (secondary N) is 1. The maximum atomic E-state index is 13.1. The van der Waals surface area contributed by atoms with Gasteiger partial charge in [-0.15, -0.1) is 0 Å². The topological polar surface area (TPSA) is 113 Å². The van der Waals surface area contributed by atoms with Crippen LogP contribution in [0.1, 0.15) is 46.8 Å². The van der Waals surface area contributed by atoms with E-state index in [1.54, 1.807) is 42.5 Å². The van der Waals surface area contributed by atoms with Crippen LogP contribution in [0.3, 0.4) is 0 Å². The van der Waals surface area contributed by atoms with E-state index in [2.05, 4.69) is 4.72 Å². The lowest BCUT2D eigenvalue weighted by molar-refractivity contribution is 0.0693. The number of aryl methyl sites for hydroxylation is 1. The number of rotatable bonds is 8. The number of aromatic hydroxyl groups is 1. The quantitative estimate of drug-likeness (QED) is 0.445. The molecular weight excluding hydrogens is 430 g/mol. The molecule has 0 saturated heterocycles. The first kappa shape index (κ1) is 23.1. The van der Waals surface area contributed by atoms with Crippen LogP contribution in [0.4, 0.5) is 5.69 Å². The summed E-state index contributed by atoms with van der Waals surface area (Å²) in [5, 5.41) is 18.9. The fourth-order valence-corrected chi connectivity index (χ4v) is 4.68. The Hall–Kier alpha value is -3.52. The molecule has 0 saturated carbocycles. The monoisotopic (exact) mass is 455 g/mol. The van der Waals surface area contributed by atoms with E-state index in [4.69, 9.17) is 9.84 Å². The van der Waals surface area contributed by atoms with Crippen LogP contribution in [0.15, 0.2) is 65.6 Å². The van der Waals surface area contributed by atoms with Crippen LogP contribution in [-0.2, 0) is 16.6 Å². The first-order chi connectivity index (χ1) is 15.1. The number of ether oxygens (including phenoxy) is 1. The van der Waals surface area contributed by atoms with Crippen LogP contribution in [0, 0.1) is 6.92 Å². The molecule has 0 heterocycles. The summed E-state index contributed by atoms with van der Waals surface area (Å²) in [5.41, 5.74) is 2.19. The van der Waals surface area contributed by atoms with Gasteiger partial charge in [0.1, 0.15) is 23.7 Å². The minimum atomic E-state index is -3.86. The molecule has 0 fully saturated rings. The number of benzene rings is 3. The second-order valence-electron chi connectivity index (χ2n) is 7.74. The number of carbonyl (C=O) groups is 1. The Morgan fingerprint density at radius 2 is 1.78 bits per heavy atom. The van der Waals surface area contributed by atoms with Crippen molar-refractivity contribution in [2.24, 2.45) is 0 Å². The number of hydrogen-bond acceptors (Lipinski definition) is 5. The Kier molecular flexibility index (Phi) is 6.74. The molecule has 7 nitrogen and oxygen atoms in total. The highest BCUT2D eigenvalue weighted by Crippen LogP contribution is 2.31. The molecule has 0 radical (unpaired) electrons. The zero-order valence-electron chi connectivity index (χ0n) is 18.0. The number of aromatic carboxylic acids is 1. The molecule has 168 valence electrons. The first-order valence-electron chi connectivity index (χ1n) is 9.99. The Balaban J connectivity index is 1.87. The van der Waals surface area contributed by atoms with Gasteiger partial charge in [-0.3, -0.25) is 4.72 Å². The van der Waals surface area contributed by atoms with Crippen LogP contribution < -0.4 is 9.46 Å². The van der Waals surface area contributed by atoms with Crippen LogP contribution >= 0.6 is 0 Å². The van der Waals surface area contributed by atoms with Gasteiger partial charge in [-0.05, 0) is 59.9 Å². The molecule has 0 unspecified atom stereocenters. The van der Waals surface area contributed by atoms with E-state index in [-0.39, 0.29) is 34.4 Å². The van der Waals surface area contributed by atoms with E-state index in [9.17, 15) is 18.3 Å². The van der Waals surface area contributed by atoms with Gasteiger partial charge in [-0.25, -0.2) is 13.2 Å². The molecule has 3 rings (SSSR count). The molecule has 32 heavy (non-hydrogen) atoms. The van der Waals surface area contributed by atoms with Gasteiger partial charge in [0.15, 0.2) is 0 Å². The molecule has 0 aliphatic rings. The molecule has 0 aliphatic carbocycles. The van der Waals surface area contributed by atoms with E-state index >= 15 is 0 Å².